The summed E-state index contributed by atoms with van der Waals surface area (Å²) in [6, 6.07) is 30.1. The first kappa shape index (κ1) is 30.1. The molecule has 4 aromatic rings. The summed E-state index contributed by atoms with van der Waals surface area (Å²) < 4.78 is 0. The maximum atomic E-state index is 13.6. The Balaban J connectivity index is 1.34. The number of rotatable bonds is 9. The van der Waals surface area contributed by atoms with E-state index in [1.807, 2.05) is 30.3 Å². The first-order chi connectivity index (χ1) is 20.5. The topological polar surface area (TPSA) is 69.6 Å². The van der Waals surface area contributed by atoms with Gasteiger partial charge in [-0.3, -0.25) is 4.79 Å². The molecule has 3 unspecified atom stereocenters. The van der Waals surface area contributed by atoms with Gasteiger partial charge in [0.05, 0.1) is 11.6 Å². The number of hydrogen-bond donors (Lipinski definition) is 2. The molecule has 1 heterocycles. The number of benzene rings is 4. The Hall–Kier alpha value is -4.38. The van der Waals surface area contributed by atoms with E-state index in [0.29, 0.717) is 22.6 Å². The fourth-order valence-corrected chi connectivity index (χ4v) is 6.18. The quantitative estimate of drug-likeness (QED) is 0.210. The predicted molar refractivity (Wildman–Crippen MR) is 175 cm³/mol. The zero-order chi connectivity index (χ0) is 30.8. The van der Waals surface area contributed by atoms with Gasteiger partial charge in [0.2, 0.25) is 0 Å². The molecule has 1 aliphatic rings. The van der Waals surface area contributed by atoms with Gasteiger partial charge in [0.15, 0.2) is 0 Å². The van der Waals surface area contributed by atoms with Gasteiger partial charge in [0, 0.05) is 29.8 Å². The number of anilines is 1. The van der Waals surface area contributed by atoms with Crippen molar-refractivity contribution < 1.29 is 14.7 Å². The Labute approximate surface area is 255 Å². The van der Waals surface area contributed by atoms with E-state index in [1.165, 1.54) is 11.1 Å². The third-order valence-corrected chi connectivity index (χ3v) is 8.97. The summed E-state index contributed by atoms with van der Waals surface area (Å²) in [5, 5.41) is 12.9. The minimum Gasteiger partial charge on any atom is -0.478 e. The number of carbonyl (C=O) groups excluding carboxylic acids is 1. The van der Waals surface area contributed by atoms with Crippen molar-refractivity contribution in [2.45, 2.75) is 72.0 Å². The van der Waals surface area contributed by atoms with Gasteiger partial charge in [0.1, 0.15) is 0 Å². The smallest absolute Gasteiger partial charge is 0.336 e. The molecule has 2 N–H and O–H groups in total. The minimum atomic E-state index is -0.927. The molecule has 43 heavy (non-hydrogen) atoms. The van der Waals surface area contributed by atoms with E-state index in [1.54, 1.807) is 12.1 Å². The molecule has 0 saturated carbocycles. The van der Waals surface area contributed by atoms with Crippen molar-refractivity contribution in [3.8, 4) is 11.1 Å². The summed E-state index contributed by atoms with van der Waals surface area (Å²) in [5.74, 6) is -0.0262. The predicted octanol–water partition coefficient (Wildman–Crippen LogP) is 8.81. The van der Waals surface area contributed by atoms with E-state index in [9.17, 15) is 14.7 Å². The lowest BCUT2D eigenvalue weighted by Gasteiger charge is -2.27. The number of carbonyl (C=O) groups is 2. The monoisotopic (exact) mass is 574 g/mol. The number of nitrogens with zero attached hydrogens (tertiary/aromatic N) is 1. The van der Waals surface area contributed by atoms with Crippen LogP contribution in [0.2, 0.25) is 0 Å². The van der Waals surface area contributed by atoms with Crippen LogP contribution in [0.3, 0.4) is 0 Å². The van der Waals surface area contributed by atoms with Crippen molar-refractivity contribution in [2.75, 3.05) is 4.90 Å². The van der Waals surface area contributed by atoms with E-state index >= 15 is 0 Å². The summed E-state index contributed by atoms with van der Waals surface area (Å²) in [7, 11) is 0. The zero-order valence-electron chi connectivity index (χ0n) is 26.0. The number of carboxylic acids is 1. The Morgan fingerprint density at radius 2 is 1.53 bits per heavy atom. The van der Waals surface area contributed by atoms with Gasteiger partial charge < -0.3 is 15.3 Å². The average Bonchev–Trinajstić information content (AvgIpc) is 3.24. The van der Waals surface area contributed by atoms with Gasteiger partial charge in [-0.25, -0.2) is 4.79 Å². The third kappa shape index (κ3) is 6.22. The summed E-state index contributed by atoms with van der Waals surface area (Å²) in [4.78, 5) is 27.7. The Bertz CT molecular complexity index is 1620. The van der Waals surface area contributed by atoms with Crippen LogP contribution in [0.25, 0.3) is 11.1 Å². The van der Waals surface area contributed by atoms with Crippen LogP contribution in [0.15, 0.2) is 91.0 Å². The van der Waals surface area contributed by atoms with Gasteiger partial charge in [-0.2, -0.15) is 0 Å². The first-order valence-corrected chi connectivity index (χ1v) is 15.3. The maximum Gasteiger partial charge on any atom is 0.336 e. The van der Waals surface area contributed by atoms with Crippen molar-refractivity contribution in [3.63, 3.8) is 0 Å². The van der Waals surface area contributed by atoms with E-state index in [2.05, 4.69) is 100 Å². The molecule has 1 amide bonds. The number of carboxylic acid groups (broad SMARTS) is 1. The summed E-state index contributed by atoms with van der Waals surface area (Å²) in [5.41, 5.74) is 8.50. The molecular weight excluding hydrogens is 532 g/mol. The molecular formula is C38H42N2O3. The highest BCUT2D eigenvalue weighted by Gasteiger charge is 2.33. The number of nitrogens with one attached hydrogen (secondary N) is 1. The standard InChI is InChI=1S/C38H42N2O3/c1-23(2)29-10-9-11-30(20-29)36(24(3)4)39-37(41)31-18-19-35-34(21-31)25(5)26(6)40(35)22-27-14-16-28(17-15-27)32-12-7-8-13-33(32)38(42)43/h7-21,23-26,36H,22H2,1-6H3,(H,39,41)(H,42,43). The van der Waals surface area contributed by atoms with E-state index in [4.69, 9.17) is 0 Å². The molecule has 5 heteroatoms. The van der Waals surface area contributed by atoms with Crippen LogP contribution >= 0.6 is 0 Å². The van der Waals surface area contributed by atoms with E-state index in [0.717, 1.165) is 28.9 Å². The molecule has 0 bridgehead atoms. The van der Waals surface area contributed by atoms with Crippen molar-refractivity contribution >= 4 is 17.6 Å². The molecule has 0 fully saturated rings. The molecule has 0 spiro atoms. The van der Waals surface area contributed by atoms with Crippen molar-refractivity contribution in [3.05, 3.63) is 124 Å². The number of fused-ring (bicyclic) bond motifs is 1. The minimum absolute atomic E-state index is 0.0491. The van der Waals surface area contributed by atoms with Crippen LogP contribution in [0.5, 0.6) is 0 Å². The van der Waals surface area contributed by atoms with Crippen molar-refractivity contribution in [2.24, 2.45) is 5.92 Å². The fourth-order valence-electron chi connectivity index (χ4n) is 6.18. The summed E-state index contributed by atoms with van der Waals surface area (Å²) >= 11 is 0. The third-order valence-electron chi connectivity index (χ3n) is 8.97. The van der Waals surface area contributed by atoms with Gasteiger partial charge in [0.25, 0.3) is 5.91 Å². The number of hydrogen-bond acceptors (Lipinski definition) is 3. The molecule has 3 atom stereocenters. The van der Waals surface area contributed by atoms with Crippen molar-refractivity contribution in [1.29, 1.82) is 0 Å². The van der Waals surface area contributed by atoms with Crippen LogP contribution in [0.4, 0.5) is 5.69 Å². The molecule has 0 radical (unpaired) electrons. The lowest BCUT2D eigenvalue weighted by Crippen LogP contribution is -2.32. The lowest BCUT2D eigenvalue weighted by atomic mass is 9.91. The van der Waals surface area contributed by atoms with Crippen molar-refractivity contribution in [1.82, 2.24) is 5.32 Å². The number of amides is 1. The highest BCUT2D eigenvalue weighted by Crippen LogP contribution is 2.42. The van der Waals surface area contributed by atoms with Gasteiger partial charge >= 0.3 is 5.97 Å². The normalized spacial score (nSPS) is 16.8. The molecule has 5 nitrogen and oxygen atoms in total. The summed E-state index contributed by atoms with van der Waals surface area (Å²) in [6.45, 7) is 13.9. The first-order valence-electron chi connectivity index (χ1n) is 15.3. The maximum absolute atomic E-state index is 13.6. The molecule has 0 saturated heterocycles. The van der Waals surface area contributed by atoms with E-state index < -0.39 is 5.97 Å². The second kappa shape index (κ2) is 12.5. The fraction of sp³-hybridized carbons (Fsp3) is 0.316. The number of aromatic carboxylic acids is 1. The molecule has 1 aliphatic heterocycles. The van der Waals surface area contributed by atoms with E-state index in [-0.39, 0.29) is 29.8 Å². The lowest BCUT2D eigenvalue weighted by molar-refractivity contribution is 0.0697. The molecule has 222 valence electrons. The van der Waals surface area contributed by atoms with Gasteiger partial charge in [-0.1, -0.05) is 101 Å². The van der Waals surface area contributed by atoms with Crippen LogP contribution in [0.1, 0.15) is 102 Å². The molecule has 0 aliphatic carbocycles. The largest absolute Gasteiger partial charge is 0.478 e. The summed E-state index contributed by atoms with van der Waals surface area (Å²) in [6.07, 6.45) is 0. The highest BCUT2D eigenvalue weighted by molar-refractivity contribution is 5.96. The second-order valence-corrected chi connectivity index (χ2v) is 12.5. The molecule has 4 aromatic carbocycles. The van der Waals surface area contributed by atoms with Crippen LogP contribution < -0.4 is 10.2 Å². The Morgan fingerprint density at radius 3 is 2.21 bits per heavy atom. The highest BCUT2D eigenvalue weighted by atomic mass is 16.4. The van der Waals surface area contributed by atoms with Gasteiger partial charge in [-0.05, 0) is 76.4 Å². The second-order valence-electron chi connectivity index (χ2n) is 12.5. The average molecular weight is 575 g/mol. The zero-order valence-corrected chi connectivity index (χ0v) is 26.0. The molecule has 5 rings (SSSR count). The van der Waals surface area contributed by atoms with Crippen LogP contribution in [0, 0.1) is 5.92 Å². The Morgan fingerprint density at radius 1 is 0.837 bits per heavy atom. The van der Waals surface area contributed by atoms with Gasteiger partial charge in [-0.15, -0.1) is 0 Å². The van der Waals surface area contributed by atoms with Crippen LogP contribution in [-0.4, -0.2) is 23.0 Å². The Kier molecular flexibility index (Phi) is 8.72. The molecule has 0 aromatic heterocycles. The van der Waals surface area contributed by atoms with Crippen LogP contribution in [-0.2, 0) is 6.54 Å². The SMILES string of the molecule is CC(C)c1cccc(C(NC(=O)c2ccc3c(c2)C(C)C(C)N3Cc2ccc(-c3ccccc3C(=O)O)cc2)C(C)C)c1.